The van der Waals surface area contributed by atoms with Crippen molar-refractivity contribution in [1.29, 1.82) is 0 Å². The van der Waals surface area contributed by atoms with Gasteiger partial charge in [-0.25, -0.2) is 9.78 Å². The number of hydrogen-bond donors (Lipinski definition) is 2. The Balaban J connectivity index is 2.89. The quantitative estimate of drug-likeness (QED) is 0.471. The minimum Gasteiger partial charge on any atom is -0.476 e. The second-order valence-corrected chi connectivity index (χ2v) is 4.74. The third-order valence-corrected chi connectivity index (χ3v) is 2.67. The summed E-state index contributed by atoms with van der Waals surface area (Å²) in [6.45, 7) is 3.44. The number of alkyl halides is 1. The standard InChI is InChI=1S/C10H12ClN3O4S/c1-5(2)18-14-8(9(16)17)6-4-19-10(12-6)13-7(15)3-11/h4-5H,3H2,1-2H3,(H,16,17)(H,12,13,15)/b14-8+. The number of halogens is 1. The minimum atomic E-state index is -1.26. The van der Waals surface area contributed by atoms with E-state index in [9.17, 15) is 9.59 Å². The average Bonchev–Trinajstić information content (AvgIpc) is 2.76. The first-order valence-corrected chi connectivity index (χ1v) is 6.64. The summed E-state index contributed by atoms with van der Waals surface area (Å²) in [6.07, 6.45) is -0.247. The fraction of sp³-hybridized carbons (Fsp3) is 0.400. The zero-order chi connectivity index (χ0) is 14.4. The van der Waals surface area contributed by atoms with E-state index in [-0.39, 0.29) is 28.5 Å². The first kappa shape index (κ1) is 15.4. The maximum atomic E-state index is 11.1. The Morgan fingerprint density at radius 1 is 1.63 bits per heavy atom. The van der Waals surface area contributed by atoms with Crippen molar-refractivity contribution < 1.29 is 19.5 Å². The number of anilines is 1. The number of aromatic nitrogens is 1. The molecule has 0 aliphatic heterocycles. The van der Waals surface area contributed by atoms with Crippen LogP contribution >= 0.6 is 22.9 Å². The molecular formula is C10H12ClN3O4S. The molecule has 0 fully saturated rings. The first-order chi connectivity index (χ1) is 8.93. The SMILES string of the molecule is CC(C)O/N=C(/C(=O)O)c1csc(NC(=O)CCl)n1. The summed E-state index contributed by atoms with van der Waals surface area (Å²) >= 11 is 6.41. The predicted molar refractivity (Wildman–Crippen MR) is 71.9 cm³/mol. The zero-order valence-electron chi connectivity index (χ0n) is 10.2. The van der Waals surface area contributed by atoms with Gasteiger partial charge in [0.05, 0.1) is 0 Å². The number of hydrogen-bond acceptors (Lipinski definition) is 6. The van der Waals surface area contributed by atoms with Crippen LogP contribution < -0.4 is 5.32 Å². The van der Waals surface area contributed by atoms with Gasteiger partial charge in [0, 0.05) is 5.38 Å². The van der Waals surface area contributed by atoms with Crippen LogP contribution in [0.4, 0.5) is 5.13 Å². The van der Waals surface area contributed by atoms with Crippen LogP contribution in [-0.4, -0.2) is 39.7 Å². The number of carbonyl (C=O) groups excluding carboxylic acids is 1. The van der Waals surface area contributed by atoms with E-state index < -0.39 is 11.9 Å². The summed E-state index contributed by atoms with van der Waals surface area (Å²) in [7, 11) is 0. The summed E-state index contributed by atoms with van der Waals surface area (Å²) in [5.74, 6) is -1.89. The Hall–Kier alpha value is -1.67. The molecule has 1 heterocycles. The maximum Gasteiger partial charge on any atom is 0.360 e. The van der Waals surface area contributed by atoms with Gasteiger partial charge in [-0.05, 0) is 13.8 Å². The van der Waals surface area contributed by atoms with Crippen molar-refractivity contribution in [3.8, 4) is 0 Å². The molecule has 0 atom stereocenters. The number of carboxylic acid groups (broad SMARTS) is 1. The fourth-order valence-electron chi connectivity index (χ4n) is 0.946. The lowest BCUT2D eigenvalue weighted by atomic mass is 10.3. The smallest absolute Gasteiger partial charge is 0.360 e. The normalized spacial score (nSPS) is 11.5. The number of oxime groups is 1. The maximum absolute atomic E-state index is 11.1. The monoisotopic (exact) mass is 305 g/mol. The molecule has 1 amide bonds. The highest BCUT2D eigenvalue weighted by Gasteiger charge is 2.18. The van der Waals surface area contributed by atoms with Crippen molar-refractivity contribution in [3.63, 3.8) is 0 Å². The summed E-state index contributed by atoms with van der Waals surface area (Å²) in [4.78, 5) is 30.9. The predicted octanol–water partition coefficient (Wildman–Crippen LogP) is 1.53. The van der Waals surface area contributed by atoms with Gasteiger partial charge in [-0.3, -0.25) is 4.79 Å². The van der Waals surface area contributed by atoms with E-state index >= 15 is 0 Å². The highest BCUT2D eigenvalue weighted by Crippen LogP contribution is 2.16. The Morgan fingerprint density at radius 3 is 2.84 bits per heavy atom. The van der Waals surface area contributed by atoms with Gasteiger partial charge < -0.3 is 15.3 Å². The number of carbonyl (C=O) groups is 2. The third kappa shape index (κ3) is 4.84. The summed E-state index contributed by atoms with van der Waals surface area (Å²) in [5, 5.41) is 16.7. The van der Waals surface area contributed by atoms with Crippen LogP contribution in [0.25, 0.3) is 0 Å². The van der Waals surface area contributed by atoms with Gasteiger partial charge >= 0.3 is 5.97 Å². The molecule has 1 aromatic rings. The molecule has 0 aliphatic carbocycles. The second-order valence-electron chi connectivity index (χ2n) is 3.62. The molecule has 7 nitrogen and oxygen atoms in total. The van der Waals surface area contributed by atoms with E-state index in [1.54, 1.807) is 13.8 Å². The van der Waals surface area contributed by atoms with Crippen LogP contribution in [0.15, 0.2) is 10.5 Å². The lowest BCUT2D eigenvalue weighted by Gasteiger charge is -2.03. The van der Waals surface area contributed by atoms with Gasteiger partial charge in [0.15, 0.2) is 5.13 Å². The number of nitrogens with zero attached hydrogens (tertiary/aromatic N) is 2. The molecule has 0 radical (unpaired) electrons. The average molecular weight is 306 g/mol. The molecule has 0 saturated heterocycles. The molecule has 9 heteroatoms. The van der Waals surface area contributed by atoms with Crippen molar-refractivity contribution in [2.75, 3.05) is 11.2 Å². The fourth-order valence-corrected chi connectivity index (χ4v) is 1.72. The van der Waals surface area contributed by atoms with E-state index in [0.717, 1.165) is 11.3 Å². The van der Waals surface area contributed by atoms with Crippen LogP contribution in [-0.2, 0) is 14.4 Å². The number of thiazole rings is 1. The second kappa shape index (κ2) is 7.05. The van der Waals surface area contributed by atoms with Gasteiger partial charge in [0.2, 0.25) is 11.6 Å². The minimum absolute atomic E-state index is 0.114. The highest BCUT2D eigenvalue weighted by atomic mass is 35.5. The largest absolute Gasteiger partial charge is 0.476 e. The van der Waals surface area contributed by atoms with Gasteiger partial charge in [-0.15, -0.1) is 22.9 Å². The van der Waals surface area contributed by atoms with Crippen LogP contribution in [0.1, 0.15) is 19.5 Å². The molecule has 0 spiro atoms. The van der Waals surface area contributed by atoms with Crippen LogP contribution in [0.5, 0.6) is 0 Å². The lowest BCUT2D eigenvalue weighted by Crippen LogP contribution is -2.17. The van der Waals surface area contributed by atoms with Crippen LogP contribution in [0.2, 0.25) is 0 Å². The van der Waals surface area contributed by atoms with Gasteiger partial charge in [-0.1, -0.05) is 5.16 Å². The molecule has 0 unspecified atom stereocenters. The van der Waals surface area contributed by atoms with Crippen LogP contribution in [0, 0.1) is 0 Å². The summed E-state index contributed by atoms with van der Waals surface area (Å²) < 4.78 is 0. The van der Waals surface area contributed by atoms with Gasteiger partial charge in [0.1, 0.15) is 17.7 Å². The van der Waals surface area contributed by atoms with Crippen molar-refractivity contribution in [2.24, 2.45) is 5.16 Å². The number of rotatable bonds is 6. The van der Waals surface area contributed by atoms with E-state index in [1.807, 2.05) is 0 Å². The first-order valence-electron chi connectivity index (χ1n) is 5.22. The summed E-state index contributed by atoms with van der Waals surface area (Å²) in [5.41, 5.74) is -0.209. The molecule has 2 N–H and O–H groups in total. The lowest BCUT2D eigenvalue weighted by molar-refractivity contribution is -0.129. The van der Waals surface area contributed by atoms with Crippen molar-refractivity contribution in [3.05, 3.63) is 11.1 Å². The third-order valence-electron chi connectivity index (χ3n) is 1.67. The van der Waals surface area contributed by atoms with E-state index in [0.29, 0.717) is 0 Å². The van der Waals surface area contributed by atoms with E-state index in [4.69, 9.17) is 21.5 Å². The molecule has 1 rings (SSSR count). The molecule has 104 valence electrons. The Labute approximate surface area is 118 Å². The molecule has 19 heavy (non-hydrogen) atoms. The van der Waals surface area contributed by atoms with Gasteiger partial charge in [-0.2, -0.15) is 0 Å². The topological polar surface area (TPSA) is 101 Å². The number of nitrogens with one attached hydrogen (secondary N) is 1. The van der Waals surface area contributed by atoms with E-state index in [1.165, 1.54) is 5.38 Å². The molecule has 0 aromatic carbocycles. The molecular weight excluding hydrogens is 294 g/mol. The Bertz CT molecular complexity index is 501. The van der Waals surface area contributed by atoms with Crippen molar-refractivity contribution in [1.82, 2.24) is 4.98 Å². The number of aliphatic carboxylic acids is 1. The number of amides is 1. The zero-order valence-corrected chi connectivity index (χ0v) is 11.8. The summed E-state index contributed by atoms with van der Waals surface area (Å²) in [6, 6.07) is 0. The van der Waals surface area contributed by atoms with Crippen molar-refractivity contribution in [2.45, 2.75) is 20.0 Å². The Morgan fingerprint density at radius 2 is 2.32 bits per heavy atom. The van der Waals surface area contributed by atoms with E-state index in [2.05, 4.69) is 15.5 Å². The number of carboxylic acids is 1. The van der Waals surface area contributed by atoms with Crippen molar-refractivity contribution >= 4 is 45.7 Å². The highest BCUT2D eigenvalue weighted by molar-refractivity contribution is 7.14. The van der Waals surface area contributed by atoms with Crippen LogP contribution in [0.3, 0.4) is 0 Å². The molecule has 0 bridgehead atoms. The molecule has 0 saturated carbocycles. The molecule has 0 aliphatic rings. The molecule has 1 aromatic heterocycles. The Kier molecular flexibility index (Phi) is 5.71. The van der Waals surface area contributed by atoms with Gasteiger partial charge in [0.25, 0.3) is 0 Å².